The number of methoxy groups -OCH3 is 2. The zero-order valence-electron chi connectivity index (χ0n) is 11.1. The molecule has 0 aromatic heterocycles. The van der Waals surface area contributed by atoms with Crippen LogP contribution in [-0.2, 0) is 14.3 Å². The van der Waals surface area contributed by atoms with Crippen molar-refractivity contribution in [1.29, 1.82) is 0 Å². The molecule has 0 fully saturated rings. The van der Waals surface area contributed by atoms with E-state index < -0.39 is 0 Å². The van der Waals surface area contributed by atoms with E-state index in [0.717, 1.165) is 13.1 Å². The Bertz CT molecular complexity index is 198. The van der Waals surface area contributed by atoms with Crippen LogP contribution in [0.15, 0.2) is 0 Å². The molecule has 6 heteroatoms. The Kier molecular flexibility index (Phi) is 10.0. The van der Waals surface area contributed by atoms with Crippen LogP contribution in [0.1, 0.15) is 6.42 Å². The topological polar surface area (TPSA) is 76.8 Å². The number of nitrogens with two attached hydrogens (primary N) is 1. The van der Waals surface area contributed by atoms with Gasteiger partial charge in [0.2, 0.25) is 5.91 Å². The lowest BCUT2D eigenvalue weighted by Crippen LogP contribution is -2.37. The van der Waals surface area contributed by atoms with Gasteiger partial charge in [0.25, 0.3) is 0 Å². The van der Waals surface area contributed by atoms with E-state index in [1.54, 1.807) is 14.2 Å². The summed E-state index contributed by atoms with van der Waals surface area (Å²) in [5.41, 5.74) is 5.44. The van der Waals surface area contributed by atoms with E-state index in [0.29, 0.717) is 26.1 Å². The van der Waals surface area contributed by atoms with Crippen LogP contribution in [0.25, 0.3) is 0 Å². The molecule has 0 aliphatic heterocycles. The smallest absolute Gasteiger partial charge is 0.222 e. The molecule has 0 aliphatic carbocycles. The largest absolute Gasteiger partial charge is 0.383 e. The van der Waals surface area contributed by atoms with E-state index in [4.69, 9.17) is 15.2 Å². The molecule has 0 aromatic carbocycles. The number of nitrogens with zero attached hydrogens (tertiary/aromatic N) is 1. The third-order valence-electron chi connectivity index (χ3n) is 2.50. The van der Waals surface area contributed by atoms with Crippen molar-refractivity contribution in [2.45, 2.75) is 12.5 Å². The summed E-state index contributed by atoms with van der Waals surface area (Å²) in [5, 5.41) is 2.83. The lowest BCUT2D eigenvalue weighted by atomic mass is 10.2. The summed E-state index contributed by atoms with van der Waals surface area (Å²) < 4.78 is 10.0. The fourth-order valence-corrected chi connectivity index (χ4v) is 1.29. The van der Waals surface area contributed by atoms with Crippen molar-refractivity contribution in [2.24, 2.45) is 5.73 Å². The van der Waals surface area contributed by atoms with Crippen molar-refractivity contribution >= 4 is 5.91 Å². The van der Waals surface area contributed by atoms with E-state index in [1.807, 2.05) is 7.05 Å². The molecule has 0 bridgehead atoms. The summed E-state index contributed by atoms with van der Waals surface area (Å²) in [4.78, 5) is 13.6. The van der Waals surface area contributed by atoms with Crippen molar-refractivity contribution in [2.75, 3.05) is 54.1 Å². The van der Waals surface area contributed by atoms with Gasteiger partial charge in [-0.05, 0) is 7.05 Å². The minimum atomic E-state index is -0.193. The highest BCUT2D eigenvalue weighted by Gasteiger charge is 2.10. The molecule has 1 amide bonds. The molecule has 1 atom stereocenters. The van der Waals surface area contributed by atoms with Gasteiger partial charge in [-0.15, -0.1) is 0 Å². The maximum atomic E-state index is 11.5. The zero-order chi connectivity index (χ0) is 13.1. The van der Waals surface area contributed by atoms with Gasteiger partial charge in [0.1, 0.15) is 0 Å². The van der Waals surface area contributed by atoms with Crippen molar-refractivity contribution in [3.63, 3.8) is 0 Å². The molecule has 0 rings (SSSR count). The van der Waals surface area contributed by atoms with E-state index >= 15 is 0 Å². The number of hydrogen-bond acceptors (Lipinski definition) is 5. The first-order valence-electron chi connectivity index (χ1n) is 5.81. The van der Waals surface area contributed by atoms with Gasteiger partial charge in [-0.25, -0.2) is 0 Å². The third-order valence-corrected chi connectivity index (χ3v) is 2.50. The summed E-state index contributed by atoms with van der Waals surface area (Å²) in [6.07, 6.45) is 0.121. The van der Waals surface area contributed by atoms with Crippen LogP contribution in [0.2, 0.25) is 0 Å². The average Bonchev–Trinajstić information content (AvgIpc) is 2.33. The number of carbonyl (C=O) groups is 1. The van der Waals surface area contributed by atoms with Gasteiger partial charge >= 0.3 is 0 Å². The molecule has 102 valence electrons. The first kappa shape index (κ1) is 16.3. The van der Waals surface area contributed by atoms with Gasteiger partial charge in [0.15, 0.2) is 0 Å². The second-order valence-corrected chi connectivity index (χ2v) is 3.94. The third kappa shape index (κ3) is 9.05. The Labute approximate surface area is 103 Å². The molecule has 0 spiro atoms. The van der Waals surface area contributed by atoms with Gasteiger partial charge in [-0.2, -0.15) is 0 Å². The van der Waals surface area contributed by atoms with Crippen molar-refractivity contribution < 1.29 is 14.3 Å². The fraction of sp³-hybridized carbons (Fsp3) is 0.909. The molecule has 6 nitrogen and oxygen atoms in total. The van der Waals surface area contributed by atoms with Crippen LogP contribution in [0.4, 0.5) is 0 Å². The molecule has 17 heavy (non-hydrogen) atoms. The second kappa shape index (κ2) is 10.5. The highest BCUT2D eigenvalue weighted by atomic mass is 16.5. The van der Waals surface area contributed by atoms with Gasteiger partial charge in [0.05, 0.1) is 19.1 Å². The SMILES string of the molecule is COCCN(C)CCNC(=O)CC(CN)OC. The number of hydrogen-bond donors (Lipinski definition) is 2. The first-order valence-corrected chi connectivity index (χ1v) is 5.81. The van der Waals surface area contributed by atoms with Crippen LogP contribution >= 0.6 is 0 Å². The van der Waals surface area contributed by atoms with Gasteiger partial charge in [-0.1, -0.05) is 0 Å². The van der Waals surface area contributed by atoms with E-state index in [2.05, 4.69) is 10.2 Å². The van der Waals surface area contributed by atoms with Gasteiger partial charge < -0.3 is 25.4 Å². The molecular formula is C11H25N3O3. The Morgan fingerprint density at radius 1 is 1.41 bits per heavy atom. The van der Waals surface area contributed by atoms with Crippen LogP contribution in [0, 0.1) is 0 Å². The minimum Gasteiger partial charge on any atom is -0.383 e. The number of carbonyl (C=O) groups excluding carboxylic acids is 1. The summed E-state index contributed by atoms with van der Waals surface area (Å²) >= 11 is 0. The van der Waals surface area contributed by atoms with Crippen LogP contribution in [0.5, 0.6) is 0 Å². The highest BCUT2D eigenvalue weighted by Crippen LogP contribution is 1.94. The Hall–Kier alpha value is -0.690. The molecular weight excluding hydrogens is 222 g/mol. The lowest BCUT2D eigenvalue weighted by molar-refractivity contribution is -0.123. The van der Waals surface area contributed by atoms with Gasteiger partial charge in [0, 0.05) is 40.4 Å². The Balaban J connectivity index is 3.56. The van der Waals surface area contributed by atoms with Crippen LogP contribution in [-0.4, -0.2) is 71.0 Å². The minimum absolute atomic E-state index is 0.0255. The monoisotopic (exact) mass is 247 g/mol. The molecule has 1 unspecified atom stereocenters. The molecule has 0 aliphatic rings. The molecule has 0 saturated carbocycles. The number of amides is 1. The standard InChI is InChI=1S/C11H25N3O3/c1-14(6-7-16-2)5-4-13-11(15)8-10(9-12)17-3/h10H,4-9,12H2,1-3H3,(H,13,15). The summed E-state index contributed by atoms with van der Waals surface area (Å²) in [7, 11) is 5.22. The second-order valence-electron chi connectivity index (χ2n) is 3.94. The van der Waals surface area contributed by atoms with Crippen LogP contribution < -0.4 is 11.1 Å². The molecule has 0 heterocycles. The fourth-order valence-electron chi connectivity index (χ4n) is 1.29. The highest BCUT2D eigenvalue weighted by molar-refractivity contribution is 5.76. The Morgan fingerprint density at radius 3 is 2.65 bits per heavy atom. The van der Waals surface area contributed by atoms with Crippen molar-refractivity contribution in [3.8, 4) is 0 Å². The predicted octanol–water partition coefficient (Wildman–Crippen LogP) is -0.955. The summed E-state index contributed by atoms with van der Waals surface area (Å²) in [5.74, 6) is -0.0255. The Morgan fingerprint density at radius 2 is 2.12 bits per heavy atom. The molecule has 3 N–H and O–H groups in total. The summed E-state index contributed by atoms with van der Waals surface area (Å²) in [6.45, 7) is 3.34. The maximum absolute atomic E-state index is 11.5. The molecule has 0 saturated heterocycles. The molecule has 0 radical (unpaired) electrons. The van der Waals surface area contributed by atoms with E-state index in [9.17, 15) is 4.79 Å². The predicted molar refractivity (Wildman–Crippen MR) is 66.9 cm³/mol. The number of likely N-dealkylation sites (N-methyl/N-ethyl adjacent to an activating group) is 1. The average molecular weight is 247 g/mol. The molecule has 0 aromatic rings. The van der Waals surface area contributed by atoms with Gasteiger partial charge in [-0.3, -0.25) is 4.79 Å². The maximum Gasteiger partial charge on any atom is 0.222 e. The number of ether oxygens (including phenoxy) is 2. The number of nitrogens with one attached hydrogen (secondary N) is 1. The zero-order valence-corrected chi connectivity index (χ0v) is 11.1. The lowest BCUT2D eigenvalue weighted by Gasteiger charge is -2.17. The number of rotatable bonds is 10. The van der Waals surface area contributed by atoms with Crippen LogP contribution in [0.3, 0.4) is 0 Å². The van der Waals surface area contributed by atoms with E-state index in [1.165, 1.54) is 0 Å². The van der Waals surface area contributed by atoms with Crippen molar-refractivity contribution in [1.82, 2.24) is 10.2 Å². The summed E-state index contributed by atoms with van der Waals surface area (Å²) in [6, 6.07) is 0. The quantitative estimate of drug-likeness (QED) is 0.520. The first-order chi connectivity index (χ1) is 8.13. The normalized spacial score (nSPS) is 12.8. The van der Waals surface area contributed by atoms with E-state index in [-0.39, 0.29) is 12.0 Å². The van der Waals surface area contributed by atoms with Crippen molar-refractivity contribution in [3.05, 3.63) is 0 Å².